The Kier molecular flexibility index (Phi) is 9.41. The predicted octanol–water partition coefficient (Wildman–Crippen LogP) is 4.30. The fourth-order valence-electron chi connectivity index (χ4n) is 4.52. The monoisotopic (exact) mass is 471 g/mol. The molecule has 7 heteroatoms. The van der Waals surface area contributed by atoms with Gasteiger partial charge < -0.3 is 15.2 Å². The molecule has 6 nitrogen and oxygen atoms in total. The van der Waals surface area contributed by atoms with Crippen LogP contribution in [0, 0.1) is 11.8 Å². The predicted molar refractivity (Wildman–Crippen MR) is 135 cm³/mol. The summed E-state index contributed by atoms with van der Waals surface area (Å²) in [6, 6.07) is 7.63. The van der Waals surface area contributed by atoms with Crippen LogP contribution in [0.4, 0.5) is 0 Å². The van der Waals surface area contributed by atoms with Crippen molar-refractivity contribution in [2.45, 2.75) is 71.9 Å². The van der Waals surface area contributed by atoms with Crippen LogP contribution in [-0.4, -0.2) is 39.8 Å². The molecule has 0 spiro atoms. The van der Waals surface area contributed by atoms with Crippen LogP contribution < -0.4 is 10.6 Å². The smallest absolute Gasteiger partial charge is 0.242 e. The Morgan fingerprint density at radius 3 is 2.70 bits per heavy atom. The first-order valence-electron chi connectivity index (χ1n) is 12.1. The van der Waals surface area contributed by atoms with Crippen molar-refractivity contribution < 1.29 is 14.4 Å². The number of nitrogens with zero attached hydrogens (tertiary/aromatic N) is 1. The molecule has 1 aliphatic heterocycles. The van der Waals surface area contributed by atoms with Gasteiger partial charge in [0, 0.05) is 55.2 Å². The van der Waals surface area contributed by atoms with Crippen molar-refractivity contribution in [3.8, 4) is 0 Å². The molecule has 2 atom stereocenters. The Balaban J connectivity index is 1.86. The minimum absolute atomic E-state index is 0.00387. The number of carbonyl (C=O) groups excluding carboxylic acids is 3. The van der Waals surface area contributed by atoms with Crippen molar-refractivity contribution in [2.24, 2.45) is 11.8 Å². The van der Waals surface area contributed by atoms with Crippen LogP contribution in [0.3, 0.4) is 0 Å². The second kappa shape index (κ2) is 12.3. The van der Waals surface area contributed by atoms with Gasteiger partial charge in [-0.15, -0.1) is 0 Å². The first kappa shape index (κ1) is 25.3. The molecule has 0 fully saturated rings. The van der Waals surface area contributed by atoms with E-state index in [2.05, 4.69) is 47.4 Å². The third kappa shape index (κ3) is 7.36. The summed E-state index contributed by atoms with van der Waals surface area (Å²) in [5.41, 5.74) is 2.24. The molecule has 2 N–H and O–H groups in total. The van der Waals surface area contributed by atoms with E-state index in [9.17, 15) is 14.4 Å². The van der Waals surface area contributed by atoms with Crippen LogP contribution in [0.15, 0.2) is 30.5 Å². The summed E-state index contributed by atoms with van der Waals surface area (Å²) in [4.78, 5) is 37.9. The molecule has 3 rings (SSSR count). The third-order valence-corrected chi connectivity index (χ3v) is 7.14. The fraction of sp³-hybridized carbons (Fsp3) is 0.577. The lowest BCUT2D eigenvalue weighted by molar-refractivity contribution is -0.131. The number of hydrogen-bond donors (Lipinski definition) is 2. The van der Waals surface area contributed by atoms with Gasteiger partial charge in [-0.05, 0) is 36.8 Å². The number of rotatable bonds is 6. The van der Waals surface area contributed by atoms with E-state index >= 15 is 0 Å². The average Bonchev–Trinajstić information content (AvgIpc) is 3.12. The molecule has 2 amide bonds. The number of benzene rings is 1. The fourth-order valence-corrected chi connectivity index (χ4v) is 5.25. The number of fused-ring (bicyclic) bond motifs is 5. The van der Waals surface area contributed by atoms with E-state index in [1.54, 1.807) is 0 Å². The summed E-state index contributed by atoms with van der Waals surface area (Å²) in [6.45, 7) is 7.24. The highest BCUT2D eigenvalue weighted by Crippen LogP contribution is 2.24. The zero-order chi connectivity index (χ0) is 23.8. The van der Waals surface area contributed by atoms with Crippen LogP contribution in [0.5, 0.6) is 0 Å². The van der Waals surface area contributed by atoms with E-state index in [4.69, 9.17) is 0 Å². The molecule has 0 radical (unpaired) electrons. The topological polar surface area (TPSA) is 80.2 Å². The summed E-state index contributed by atoms with van der Waals surface area (Å²) in [5.74, 6) is 0.165. The van der Waals surface area contributed by atoms with E-state index < -0.39 is 6.04 Å². The molecular formula is C26H37N3O3S. The second-order valence-corrected chi connectivity index (χ2v) is 10.7. The quantitative estimate of drug-likeness (QED) is 0.658. The van der Waals surface area contributed by atoms with Crippen LogP contribution in [0.2, 0.25) is 0 Å². The van der Waals surface area contributed by atoms with Crippen LogP contribution >= 0.6 is 11.8 Å². The van der Waals surface area contributed by atoms with Gasteiger partial charge in [-0.25, -0.2) is 0 Å². The highest BCUT2D eigenvalue weighted by atomic mass is 32.2. The second-order valence-electron chi connectivity index (χ2n) is 9.46. The van der Waals surface area contributed by atoms with Crippen molar-refractivity contribution in [1.29, 1.82) is 0 Å². The molecule has 1 aromatic heterocycles. The first-order chi connectivity index (χ1) is 15.8. The maximum atomic E-state index is 13.2. The van der Waals surface area contributed by atoms with Gasteiger partial charge >= 0.3 is 0 Å². The zero-order valence-electron chi connectivity index (χ0n) is 20.1. The highest BCUT2D eigenvalue weighted by Gasteiger charge is 2.28. The number of amides is 2. The maximum absolute atomic E-state index is 13.2. The lowest BCUT2D eigenvalue weighted by Gasteiger charge is -2.23. The first-order valence-corrected chi connectivity index (χ1v) is 13.1. The highest BCUT2D eigenvalue weighted by molar-refractivity contribution is 8.13. The van der Waals surface area contributed by atoms with Gasteiger partial charge in [-0.2, -0.15) is 0 Å². The Hall–Kier alpha value is -2.28. The van der Waals surface area contributed by atoms with E-state index in [1.165, 1.54) is 24.2 Å². The van der Waals surface area contributed by atoms with Crippen molar-refractivity contribution in [3.05, 3.63) is 36.0 Å². The van der Waals surface area contributed by atoms with Gasteiger partial charge in [0.25, 0.3) is 0 Å². The number of para-hydroxylation sites is 1. The lowest BCUT2D eigenvalue weighted by atomic mass is 9.97. The summed E-state index contributed by atoms with van der Waals surface area (Å²) in [6.07, 6.45) is 7.52. The van der Waals surface area contributed by atoms with E-state index in [0.29, 0.717) is 31.1 Å². The van der Waals surface area contributed by atoms with Crippen LogP contribution in [0.25, 0.3) is 10.9 Å². The number of nitrogens with one attached hydrogen (secondary N) is 2. The van der Waals surface area contributed by atoms with Crippen molar-refractivity contribution >= 4 is 39.6 Å². The van der Waals surface area contributed by atoms with E-state index in [-0.39, 0.29) is 22.8 Å². The molecule has 2 heterocycles. The lowest BCUT2D eigenvalue weighted by Crippen LogP contribution is -2.50. The van der Waals surface area contributed by atoms with E-state index in [1.807, 2.05) is 12.1 Å². The third-order valence-electron chi connectivity index (χ3n) is 6.17. The molecule has 0 saturated carbocycles. The number of aryl methyl sites for hydroxylation is 1. The number of hydrogen-bond acceptors (Lipinski definition) is 4. The van der Waals surface area contributed by atoms with E-state index in [0.717, 1.165) is 43.2 Å². The summed E-state index contributed by atoms with van der Waals surface area (Å²) < 4.78 is 2.28. The van der Waals surface area contributed by atoms with Crippen LogP contribution in [-0.2, 0) is 27.3 Å². The SMILES string of the molecule is CC(=O)SCC(CC(C)C)C(=O)NC1Cc2cn(c3ccccc23)CCCCCCNC1=O. The molecule has 0 aliphatic carbocycles. The molecule has 1 aromatic carbocycles. The van der Waals surface area contributed by atoms with Gasteiger partial charge in [-0.1, -0.05) is 56.7 Å². The van der Waals surface area contributed by atoms with Gasteiger partial charge in [0.1, 0.15) is 6.04 Å². The Morgan fingerprint density at radius 1 is 1.18 bits per heavy atom. The molecule has 1 aliphatic rings. The number of carbonyl (C=O) groups is 3. The van der Waals surface area contributed by atoms with Gasteiger partial charge in [-0.3, -0.25) is 14.4 Å². The van der Waals surface area contributed by atoms with Gasteiger partial charge in [0.15, 0.2) is 5.12 Å². The average molecular weight is 472 g/mol. The normalized spacial score (nSPS) is 18.7. The molecule has 0 saturated heterocycles. The van der Waals surface area contributed by atoms with Gasteiger partial charge in [0.05, 0.1) is 0 Å². The standard InChI is InChI=1S/C26H37N3O3S/c1-18(2)14-21(17-33-19(3)30)25(31)28-23-15-20-16-29(24-11-7-6-10-22(20)24)13-9-5-4-8-12-27-26(23)32/h6-7,10-11,16,18,21,23H,4-5,8-9,12-15,17H2,1-3H3,(H,27,32)(H,28,31). The number of thioether (sulfide) groups is 1. The summed E-state index contributed by atoms with van der Waals surface area (Å²) in [5, 5.41) is 7.21. The van der Waals surface area contributed by atoms with Crippen LogP contribution in [0.1, 0.15) is 58.4 Å². The molecule has 33 heavy (non-hydrogen) atoms. The minimum Gasteiger partial charge on any atom is -0.354 e. The zero-order valence-corrected chi connectivity index (χ0v) is 20.9. The van der Waals surface area contributed by atoms with Crippen molar-refractivity contribution in [3.63, 3.8) is 0 Å². The molecule has 2 bridgehead atoms. The van der Waals surface area contributed by atoms with Crippen molar-refractivity contribution in [1.82, 2.24) is 15.2 Å². The summed E-state index contributed by atoms with van der Waals surface area (Å²) >= 11 is 1.18. The minimum atomic E-state index is -0.644. The Morgan fingerprint density at radius 2 is 1.94 bits per heavy atom. The maximum Gasteiger partial charge on any atom is 0.242 e. The molecule has 2 unspecified atom stereocenters. The molecule has 180 valence electrons. The Bertz CT molecular complexity index is 969. The largest absolute Gasteiger partial charge is 0.354 e. The molecule has 2 aromatic rings. The van der Waals surface area contributed by atoms with Gasteiger partial charge in [0.2, 0.25) is 11.8 Å². The Labute approximate surface area is 201 Å². The number of aromatic nitrogens is 1. The van der Waals surface area contributed by atoms with Crippen molar-refractivity contribution in [2.75, 3.05) is 12.3 Å². The molecular weight excluding hydrogens is 434 g/mol. The summed E-state index contributed by atoms with van der Waals surface area (Å²) in [7, 11) is 0.